The lowest BCUT2D eigenvalue weighted by Gasteiger charge is -2.21. The second-order valence-corrected chi connectivity index (χ2v) is 6.03. The molecule has 0 fully saturated rings. The predicted octanol–water partition coefficient (Wildman–Crippen LogP) is 4.86. The van der Waals surface area contributed by atoms with E-state index in [0.29, 0.717) is 0 Å². The van der Waals surface area contributed by atoms with Gasteiger partial charge in [0.05, 0.1) is 13.2 Å². The lowest BCUT2D eigenvalue weighted by molar-refractivity contribution is 0.413. The monoisotopic (exact) mass is 347 g/mol. The summed E-state index contributed by atoms with van der Waals surface area (Å²) in [6.07, 6.45) is 1.11. The summed E-state index contributed by atoms with van der Waals surface area (Å²) in [6.45, 7) is 5.29. The fourth-order valence-electron chi connectivity index (χ4n) is 2.39. The number of hydrogen-bond acceptors (Lipinski definition) is 2. The van der Waals surface area contributed by atoms with Gasteiger partial charge in [0.15, 0.2) is 0 Å². The van der Waals surface area contributed by atoms with Gasteiger partial charge in [0.2, 0.25) is 0 Å². The molecule has 0 spiro atoms. The van der Waals surface area contributed by atoms with E-state index >= 15 is 0 Å². The molecule has 1 N–H and O–H groups in total. The molecule has 112 valence electrons. The Bertz CT molecular complexity index is 598. The lowest BCUT2D eigenvalue weighted by atomic mass is 9.97. The summed E-state index contributed by atoms with van der Waals surface area (Å²) in [4.78, 5) is 0. The standard InChI is InChI=1S/C18H22BrNO/c1-4-10-20-18(14-6-5-7-16(12-14)21-3)15-8-9-17(19)13(2)11-15/h5-9,11-12,18,20H,4,10H2,1-3H3. The van der Waals surface area contributed by atoms with Gasteiger partial charge in [-0.2, -0.15) is 0 Å². The molecule has 0 saturated heterocycles. The Hall–Kier alpha value is -1.32. The van der Waals surface area contributed by atoms with Crippen molar-refractivity contribution in [1.82, 2.24) is 5.32 Å². The zero-order valence-electron chi connectivity index (χ0n) is 12.8. The molecular formula is C18H22BrNO. The average Bonchev–Trinajstić information content (AvgIpc) is 2.51. The van der Waals surface area contributed by atoms with E-state index in [0.717, 1.165) is 23.2 Å². The van der Waals surface area contributed by atoms with Crippen LogP contribution >= 0.6 is 15.9 Å². The maximum Gasteiger partial charge on any atom is 0.119 e. The molecule has 0 aliphatic heterocycles. The Morgan fingerprint density at radius 3 is 2.57 bits per heavy atom. The van der Waals surface area contributed by atoms with Crippen molar-refractivity contribution in [1.29, 1.82) is 0 Å². The quantitative estimate of drug-likeness (QED) is 0.805. The second kappa shape index (κ2) is 7.62. The van der Waals surface area contributed by atoms with Gasteiger partial charge in [0.25, 0.3) is 0 Å². The number of rotatable bonds is 6. The number of aryl methyl sites for hydroxylation is 1. The summed E-state index contributed by atoms with van der Waals surface area (Å²) in [5.41, 5.74) is 3.75. The number of nitrogens with one attached hydrogen (secondary N) is 1. The SMILES string of the molecule is CCCNC(c1cccc(OC)c1)c1ccc(Br)c(C)c1. The van der Waals surface area contributed by atoms with Gasteiger partial charge >= 0.3 is 0 Å². The van der Waals surface area contributed by atoms with Gasteiger partial charge in [0.1, 0.15) is 5.75 Å². The molecule has 3 heteroatoms. The molecule has 0 aliphatic carbocycles. The number of halogens is 1. The van der Waals surface area contributed by atoms with E-state index in [-0.39, 0.29) is 6.04 Å². The molecule has 2 aromatic rings. The average molecular weight is 348 g/mol. The summed E-state index contributed by atoms with van der Waals surface area (Å²) in [5.74, 6) is 0.893. The van der Waals surface area contributed by atoms with Crippen LogP contribution in [-0.4, -0.2) is 13.7 Å². The number of ether oxygens (including phenoxy) is 1. The van der Waals surface area contributed by atoms with Crippen LogP contribution in [0.2, 0.25) is 0 Å². The fraction of sp³-hybridized carbons (Fsp3) is 0.333. The molecule has 1 unspecified atom stereocenters. The van der Waals surface area contributed by atoms with Crippen LogP contribution in [0.3, 0.4) is 0 Å². The molecule has 2 rings (SSSR count). The Kier molecular flexibility index (Phi) is 5.83. The first-order chi connectivity index (χ1) is 10.2. The number of benzene rings is 2. The van der Waals surface area contributed by atoms with Gasteiger partial charge < -0.3 is 10.1 Å². The van der Waals surface area contributed by atoms with Gasteiger partial charge in [-0.3, -0.25) is 0 Å². The minimum atomic E-state index is 0.187. The van der Waals surface area contributed by atoms with Crippen LogP contribution in [0.15, 0.2) is 46.9 Å². The van der Waals surface area contributed by atoms with E-state index in [4.69, 9.17) is 4.74 Å². The van der Waals surface area contributed by atoms with Gasteiger partial charge in [-0.15, -0.1) is 0 Å². The molecule has 21 heavy (non-hydrogen) atoms. The molecular weight excluding hydrogens is 326 g/mol. The first-order valence-electron chi connectivity index (χ1n) is 7.29. The molecule has 2 aromatic carbocycles. The highest BCUT2D eigenvalue weighted by Gasteiger charge is 2.14. The third kappa shape index (κ3) is 4.08. The molecule has 0 radical (unpaired) electrons. The second-order valence-electron chi connectivity index (χ2n) is 5.17. The summed E-state index contributed by atoms with van der Waals surface area (Å²) < 4.78 is 6.50. The Morgan fingerprint density at radius 1 is 1.14 bits per heavy atom. The van der Waals surface area contributed by atoms with Crippen LogP contribution < -0.4 is 10.1 Å². The van der Waals surface area contributed by atoms with E-state index in [1.165, 1.54) is 16.7 Å². The van der Waals surface area contributed by atoms with Crippen molar-refractivity contribution in [2.24, 2.45) is 0 Å². The Labute approximate surface area is 135 Å². The topological polar surface area (TPSA) is 21.3 Å². The van der Waals surface area contributed by atoms with E-state index < -0.39 is 0 Å². The largest absolute Gasteiger partial charge is 0.497 e. The highest BCUT2D eigenvalue weighted by molar-refractivity contribution is 9.10. The van der Waals surface area contributed by atoms with Crippen LogP contribution in [0.4, 0.5) is 0 Å². The third-order valence-corrected chi connectivity index (χ3v) is 4.43. The van der Waals surface area contributed by atoms with Crippen LogP contribution in [-0.2, 0) is 0 Å². The Balaban J connectivity index is 2.38. The predicted molar refractivity (Wildman–Crippen MR) is 92.0 cm³/mol. The van der Waals surface area contributed by atoms with E-state index in [1.54, 1.807) is 7.11 Å². The highest BCUT2D eigenvalue weighted by atomic mass is 79.9. The molecule has 0 saturated carbocycles. The lowest BCUT2D eigenvalue weighted by Crippen LogP contribution is -2.23. The molecule has 2 nitrogen and oxygen atoms in total. The molecule has 0 aliphatic rings. The Morgan fingerprint density at radius 2 is 1.90 bits per heavy atom. The maximum atomic E-state index is 5.35. The van der Waals surface area contributed by atoms with Crippen LogP contribution in [0, 0.1) is 6.92 Å². The molecule has 0 bridgehead atoms. The van der Waals surface area contributed by atoms with Crippen molar-refractivity contribution in [3.8, 4) is 5.75 Å². The van der Waals surface area contributed by atoms with Crippen molar-refractivity contribution in [3.05, 3.63) is 63.6 Å². The normalized spacial score (nSPS) is 12.2. The fourth-order valence-corrected chi connectivity index (χ4v) is 2.63. The third-order valence-electron chi connectivity index (χ3n) is 3.54. The maximum absolute atomic E-state index is 5.35. The number of methoxy groups -OCH3 is 1. The first-order valence-corrected chi connectivity index (χ1v) is 8.08. The zero-order valence-corrected chi connectivity index (χ0v) is 14.4. The zero-order chi connectivity index (χ0) is 15.2. The van der Waals surface area contributed by atoms with Crippen molar-refractivity contribution < 1.29 is 4.74 Å². The summed E-state index contributed by atoms with van der Waals surface area (Å²) in [7, 11) is 1.71. The molecule has 0 amide bonds. The summed E-state index contributed by atoms with van der Waals surface area (Å²) in [5, 5.41) is 3.63. The van der Waals surface area contributed by atoms with Crippen molar-refractivity contribution in [3.63, 3.8) is 0 Å². The van der Waals surface area contributed by atoms with Crippen molar-refractivity contribution in [2.45, 2.75) is 26.3 Å². The molecule has 1 atom stereocenters. The smallest absolute Gasteiger partial charge is 0.119 e. The van der Waals surface area contributed by atoms with Gasteiger partial charge in [-0.1, -0.05) is 47.1 Å². The summed E-state index contributed by atoms with van der Waals surface area (Å²) in [6, 6.07) is 15.0. The molecule has 0 aromatic heterocycles. The highest BCUT2D eigenvalue weighted by Crippen LogP contribution is 2.28. The minimum Gasteiger partial charge on any atom is -0.497 e. The van der Waals surface area contributed by atoms with Crippen LogP contribution in [0.25, 0.3) is 0 Å². The van der Waals surface area contributed by atoms with Crippen LogP contribution in [0.1, 0.15) is 36.1 Å². The molecule has 0 heterocycles. The van der Waals surface area contributed by atoms with Crippen LogP contribution in [0.5, 0.6) is 5.75 Å². The number of hydrogen-bond donors (Lipinski definition) is 1. The van der Waals surface area contributed by atoms with Gasteiger partial charge in [0, 0.05) is 4.47 Å². The first kappa shape index (κ1) is 16.1. The van der Waals surface area contributed by atoms with Crippen molar-refractivity contribution >= 4 is 15.9 Å². The van der Waals surface area contributed by atoms with Gasteiger partial charge in [-0.05, 0) is 54.8 Å². The minimum absolute atomic E-state index is 0.187. The van der Waals surface area contributed by atoms with Crippen molar-refractivity contribution in [2.75, 3.05) is 13.7 Å². The van der Waals surface area contributed by atoms with Gasteiger partial charge in [-0.25, -0.2) is 0 Å². The van der Waals surface area contributed by atoms with E-state index in [9.17, 15) is 0 Å². The van der Waals surface area contributed by atoms with E-state index in [1.807, 2.05) is 12.1 Å². The summed E-state index contributed by atoms with van der Waals surface area (Å²) >= 11 is 3.57. The van der Waals surface area contributed by atoms with E-state index in [2.05, 4.69) is 65.4 Å².